The van der Waals surface area contributed by atoms with Crippen LogP contribution in [0.4, 0.5) is 10.1 Å². The molecule has 0 bridgehead atoms. The second kappa shape index (κ2) is 8.63. The van der Waals surface area contributed by atoms with Crippen LogP contribution in [-0.2, 0) is 0 Å². The van der Waals surface area contributed by atoms with Crippen LogP contribution in [0.3, 0.4) is 0 Å². The highest BCUT2D eigenvalue weighted by Gasteiger charge is 2.09. The van der Waals surface area contributed by atoms with Gasteiger partial charge in [0.05, 0.1) is 17.1 Å². The summed E-state index contributed by atoms with van der Waals surface area (Å²) in [7, 11) is 0. The Kier molecular flexibility index (Phi) is 5.78. The molecular weight excluding hydrogens is 451 g/mol. The van der Waals surface area contributed by atoms with E-state index in [-0.39, 0.29) is 5.82 Å². The summed E-state index contributed by atoms with van der Waals surface area (Å²) >= 11 is 4.95. The van der Waals surface area contributed by atoms with Crippen LogP contribution in [0.1, 0.15) is 12.5 Å². The van der Waals surface area contributed by atoms with Crippen molar-refractivity contribution in [3.63, 3.8) is 0 Å². The number of hydrogen-bond acceptors (Lipinski definition) is 4. The lowest BCUT2D eigenvalue weighted by atomic mass is 10.2. The quantitative estimate of drug-likeness (QED) is 0.339. The number of thiazole rings is 1. The van der Waals surface area contributed by atoms with E-state index >= 15 is 0 Å². The first-order chi connectivity index (χ1) is 14.1. The third-order valence-corrected chi connectivity index (χ3v) is 5.55. The normalized spacial score (nSPS) is 12.4. The molecule has 0 spiro atoms. The molecule has 0 aliphatic rings. The maximum Gasteiger partial charge on any atom is 0.211 e. The molecule has 4 rings (SSSR count). The largest absolute Gasteiger partial charge is 0.264 e. The standard InChI is InChI=1S/C22H16BrFN4S/c1-15(17-3-2-12-25-13-17)27-28-21(16-4-6-18(23)7-5-16)14-29-22(28)26-20-10-8-19(24)9-11-20/h2-14H,1H3. The average molecular weight is 467 g/mol. The van der Waals surface area contributed by atoms with E-state index in [0.717, 1.165) is 27.0 Å². The summed E-state index contributed by atoms with van der Waals surface area (Å²) in [6.45, 7) is 1.94. The highest BCUT2D eigenvalue weighted by molar-refractivity contribution is 9.10. The zero-order chi connectivity index (χ0) is 20.2. The van der Waals surface area contributed by atoms with Crippen molar-refractivity contribution in [2.75, 3.05) is 0 Å². The molecule has 29 heavy (non-hydrogen) atoms. The highest BCUT2D eigenvalue weighted by Crippen LogP contribution is 2.23. The van der Waals surface area contributed by atoms with Gasteiger partial charge in [-0.1, -0.05) is 34.1 Å². The van der Waals surface area contributed by atoms with E-state index in [4.69, 9.17) is 5.10 Å². The summed E-state index contributed by atoms with van der Waals surface area (Å²) in [5.41, 5.74) is 4.36. The summed E-state index contributed by atoms with van der Waals surface area (Å²) in [4.78, 5) is 9.54. The number of aromatic nitrogens is 2. The minimum atomic E-state index is -0.288. The van der Waals surface area contributed by atoms with Gasteiger partial charge in [-0.25, -0.2) is 14.1 Å². The van der Waals surface area contributed by atoms with Gasteiger partial charge in [-0.05, 0) is 49.4 Å². The van der Waals surface area contributed by atoms with Crippen molar-refractivity contribution in [1.29, 1.82) is 0 Å². The van der Waals surface area contributed by atoms with Crippen molar-refractivity contribution in [3.8, 4) is 11.3 Å². The number of nitrogens with zero attached hydrogens (tertiary/aromatic N) is 4. The topological polar surface area (TPSA) is 42.5 Å². The summed E-state index contributed by atoms with van der Waals surface area (Å²) in [6.07, 6.45) is 3.51. The molecule has 0 aliphatic heterocycles. The van der Waals surface area contributed by atoms with E-state index < -0.39 is 0 Å². The van der Waals surface area contributed by atoms with E-state index in [0.29, 0.717) is 10.5 Å². The third kappa shape index (κ3) is 4.58. The monoisotopic (exact) mass is 466 g/mol. The van der Waals surface area contributed by atoms with Gasteiger partial charge in [-0.15, -0.1) is 11.3 Å². The molecule has 7 heteroatoms. The van der Waals surface area contributed by atoms with Crippen LogP contribution in [0.2, 0.25) is 0 Å². The molecule has 0 fully saturated rings. The van der Waals surface area contributed by atoms with Crippen LogP contribution >= 0.6 is 27.3 Å². The molecule has 0 aliphatic carbocycles. The summed E-state index contributed by atoms with van der Waals surface area (Å²) < 4.78 is 16.1. The van der Waals surface area contributed by atoms with Gasteiger partial charge in [0, 0.05) is 33.4 Å². The lowest BCUT2D eigenvalue weighted by Gasteiger charge is -2.06. The number of rotatable bonds is 4. The van der Waals surface area contributed by atoms with E-state index in [2.05, 4.69) is 25.9 Å². The Hall–Kier alpha value is -2.90. The number of hydrogen-bond donors (Lipinski definition) is 0. The molecule has 2 aromatic heterocycles. The maximum absolute atomic E-state index is 13.2. The van der Waals surface area contributed by atoms with Crippen molar-refractivity contribution < 1.29 is 4.39 Å². The molecule has 144 valence electrons. The molecule has 0 N–H and O–H groups in total. The lowest BCUT2D eigenvalue weighted by Crippen LogP contribution is -2.13. The van der Waals surface area contributed by atoms with Crippen LogP contribution in [0.15, 0.2) is 93.0 Å². The lowest BCUT2D eigenvalue weighted by molar-refractivity contribution is 0.628. The molecule has 0 unspecified atom stereocenters. The van der Waals surface area contributed by atoms with Crippen LogP contribution in [0.25, 0.3) is 11.3 Å². The molecule has 0 atom stereocenters. The van der Waals surface area contributed by atoms with E-state index in [1.165, 1.54) is 23.5 Å². The Bertz CT molecular complexity index is 1210. The van der Waals surface area contributed by atoms with Crippen LogP contribution < -0.4 is 4.80 Å². The van der Waals surface area contributed by atoms with Crippen molar-refractivity contribution >= 4 is 38.7 Å². The Morgan fingerprint density at radius 1 is 1.07 bits per heavy atom. The summed E-state index contributed by atoms with van der Waals surface area (Å²) in [6, 6.07) is 18.0. The van der Waals surface area contributed by atoms with E-state index in [9.17, 15) is 4.39 Å². The number of pyridine rings is 1. The van der Waals surface area contributed by atoms with Crippen LogP contribution in [-0.4, -0.2) is 15.4 Å². The van der Waals surface area contributed by atoms with Crippen molar-refractivity contribution in [3.05, 3.63) is 99.1 Å². The fourth-order valence-corrected chi connectivity index (χ4v) is 3.82. The Labute approximate surface area is 179 Å². The molecule has 2 heterocycles. The van der Waals surface area contributed by atoms with Gasteiger partial charge < -0.3 is 0 Å². The van der Waals surface area contributed by atoms with Crippen molar-refractivity contribution in [2.45, 2.75) is 6.92 Å². The first kappa shape index (κ1) is 19.4. The van der Waals surface area contributed by atoms with Gasteiger partial charge in [0.1, 0.15) is 5.82 Å². The molecule has 4 nitrogen and oxygen atoms in total. The minimum Gasteiger partial charge on any atom is -0.264 e. The van der Waals surface area contributed by atoms with E-state index in [1.807, 2.05) is 53.4 Å². The molecule has 4 aromatic rings. The molecule has 0 saturated carbocycles. The van der Waals surface area contributed by atoms with Gasteiger partial charge in [-0.3, -0.25) is 4.98 Å². The fourth-order valence-electron chi connectivity index (χ4n) is 2.70. The number of halogens is 2. The Morgan fingerprint density at radius 2 is 1.83 bits per heavy atom. The maximum atomic E-state index is 13.2. The molecular formula is C22H16BrFN4S. The molecule has 0 amide bonds. The summed E-state index contributed by atoms with van der Waals surface area (Å²) in [5, 5.41) is 6.85. The van der Waals surface area contributed by atoms with Gasteiger partial charge in [0.25, 0.3) is 0 Å². The van der Waals surface area contributed by atoms with Crippen LogP contribution in [0.5, 0.6) is 0 Å². The first-order valence-corrected chi connectivity index (χ1v) is 10.5. The highest BCUT2D eigenvalue weighted by atomic mass is 79.9. The number of benzene rings is 2. The van der Waals surface area contributed by atoms with Gasteiger partial charge in [-0.2, -0.15) is 5.10 Å². The summed E-state index contributed by atoms with van der Waals surface area (Å²) in [5.74, 6) is -0.288. The minimum absolute atomic E-state index is 0.288. The van der Waals surface area contributed by atoms with Crippen molar-refractivity contribution in [2.24, 2.45) is 10.1 Å². The second-order valence-corrected chi connectivity index (χ2v) is 7.99. The van der Waals surface area contributed by atoms with Gasteiger partial charge >= 0.3 is 0 Å². The zero-order valence-corrected chi connectivity index (χ0v) is 17.9. The molecule has 2 aromatic carbocycles. The second-order valence-electron chi connectivity index (χ2n) is 6.24. The zero-order valence-electron chi connectivity index (χ0n) is 15.5. The van der Waals surface area contributed by atoms with E-state index in [1.54, 1.807) is 24.5 Å². The SMILES string of the molecule is CC(=Nn1c(-c2ccc(Br)cc2)csc1=Nc1ccc(F)cc1)c1cccnc1. The first-order valence-electron chi connectivity index (χ1n) is 8.83. The Morgan fingerprint density at radius 3 is 2.52 bits per heavy atom. The third-order valence-electron chi connectivity index (χ3n) is 4.21. The predicted octanol–water partition coefficient (Wildman–Crippen LogP) is 6.02. The average Bonchev–Trinajstić information content (AvgIpc) is 3.13. The molecule has 0 radical (unpaired) electrons. The van der Waals surface area contributed by atoms with Crippen LogP contribution in [0, 0.1) is 5.82 Å². The smallest absolute Gasteiger partial charge is 0.211 e. The fraction of sp³-hybridized carbons (Fsp3) is 0.0455. The predicted molar refractivity (Wildman–Crippen MR) is 119 cm³/mol. The van der Waals surface area contributed by atoms with Crippen molar-refractivity contribution in [1.82, 2.24) is 9.66 Å². The Balaban J connectivity index is 1.88. The molecule has 0 saturated heterocycles. The van der Waals surface area contributed by atoms with Gasteiger partial charge in [0.2, 0.25) is 4.80 Å². The van der Waals surface area contributed by atoms with Gasteiger partial charge in [0.15, 0.2) is 0 Å².